The molecule has 200 valence electrons. The lowest BCUT2D eigenvalue weighted by molar-refractivity contribution is -0.141. The van der Waals surface area contributed by atoms with Gasteiger partial charge in [-0.15, -0.1) is 0 Å². The van der Waals surface area contributed by atoms with Crippen molar-refractivity contribution < 1.29 is 52.3 Å². The van der Waals surface area contributed by atoms with Gasteiger partial charge in [-0.25, -0.2) is 19.2 Å². The number of esters is 4. The largest absolute Gasteiger partial charge is 0.463 e. The molecule has 0 unspecified atom stereocenters. The first kappa shape index (κ1) is 32.2. The summed E-state index contributed by atoms with van der Waals surface area (Å²) in [4.78, 5) is 45.5. The summed E-state index contributed by atoms with van der Waals surface area (Å²) >= 11 is 0. The molecular weight excluding hydrogens is 464 g/mol. The summed E-state index contributed by atoms with van der Waals surface area (Å²) < 4.78 is 35.3. The molecule has 0 radical (unpaired) electrons. The average Bonchev–Trinajstić information content (AvgIpc) is 2.84. The number of rotatable bonds is 22. The highest BCUT2D eigenvalue weighted by atomic mass is 16.6. The predicted octanol–water partition coefficient (Wildman–Crippen LogP) is 1.92. The Morgan fingerprint density at radius 2 is 0.686 bits per heavy atom. The molecule has 0 aliphatic carbocycles. The Bertz CT molecular complexity index is 589. The van der Waals surface area contributed by atoms with E-state index in [1.165, 1.54) is 0 Å². The minimum absolute atomic E-state index is 0.0467. The van der Waals surface area contributed by atoms with Crippen LogP contribution in [-0.2, 0) is 52.3 Å². The molecule has 11 heteroatoms. The third-order valence-corrected chi connectivity index (χ3v) is 3.88. The summed E-state index contributed by atoms with van der Waals surface area (Å²) in [5, 5.41) is 0. The van der Waals surface area contributed by atoms with Crippen molar-refractivity contribution in [2.24, 2.45) is 0 Å². The minimum atomic E-state index is -0.652. The zero-order chi connectivity index (χ0) is 26.0. The van der Waals surface area contributed by atoms with Gasteiger partial charge in [0.25, 0.3) is 0 Å². The Kier molecular flexibility index (Phi) is 22.4. The van der Waals surface area contributed by atoms with Crippen molar-refractivity contribution in [3.05, 3.63) is 24.3 Å². The lowest BCUT2D eigenvalue weighted by atomic mass is 10.4. The molecule has 0 aromatic rings. The first-order valence-corrected chi connectivity index (χ1v) is 11.8. The molecule has 0 aromatic heterocycles. The number of ether oxygens (including phenoxy) is 7. The maximum atomic E-state index is 11.4. The monoisotopic (exact) mass is 502 g/mol. The summed E-state index contributed by atoms with van der Waals surface area (Å²) in [6, 6.07) is 0. The van der Waals surface area contributed by atoms with E-state index in [2.05, 4.69) is 0 Å². The summed E-state index contributed by atoms with van der Waals surface area (Å²) in [7, 11) is 0. The molecule has 0 saturated carbocycles. The van der Waals surface area contributed by atoms with Gasteiger partial charge in [0.1, 0.15) is 13.2 Å². The molecule has 0 atom stereocenters. The maximum absolute atomic E-state index is 11.4. The molecule has 0 bridgehead atoms. The lowest BCUT2D eigenvalue weighted by Crippen LogP contribution is -2.14. The van der Waals surface area contributed by atoms with Crippen LogP contribution in [0.5, 0.6) is 0 Å². The van der Waals surface area contributed by atoms with Crippen LogP contribution in [0.25, 0.3) is 0 Å². The number of hydrogen-bond acceptors (Lipinski definition) is 11. The fraction of sp³-hybridized carbons (Fsp3) is 0.667. The highest BCUT2D eigenvalue weighted by molar-refractivity contribution is 5.92. The second kappa shape index (κ2) is 24.4. The summed E-state index contributed by atoms with van der Waals surface area (Å²) in [5.74, 6) is -2.47. The van der Waals surface area contributed by atoms with Gasteiger partial charge in [-0.05, 0) is 12.8 Å². The summed E-state index contributed by atoms with van der Waals surface area (Å²) in [6.45, 7) is 6.35. The van der Waals surface area contributed by atoms with Gasteiger partial charge in [-0.2, -0.15) is 0 Å². The molecule has 0 fully saturated rings. The van der Waals surface area contributed by atoms with Gasteiger partial charge in [-0.3, -0.25) is 0 Å². The predicted molar refractivity (Wildman–Crippen MR) is 124 cm³/mol. The van der Waals surface area contributed by atoms with Crippen LogP contribution >= 0.6 is 0 Å². The van der Waals surface area contributed by atoms with Crippen molar-refractivity contribution >= 4 is 23.9 Å². The van der Waals surface area contributed by atoms with E-state index in [-0.39, 0.29) is 26.4 Å². The molecule has 0 rings (SSSR count). The van der Waals surface area contributed by atoms with E-state index in [0.717, 1.165) is 50.0 Å². The van der Waals surface area contributed by atoms with E-state index in [0.29, 0.717) is 39.6 Å². The molecule has 0 spiro atoms. The molecule has 11 nitrogen and oxygen atoms in total. The Hall–Kier alpha value is -2.76. The van der Waals surface area contributed by atoms with E-state index in [4.69, 9.17) is 33.2 Å². The van der Waals surface area contributed by atoms with Crippen LogP contribution in [0.2, 0.25) is 0 Å². The van der Waals surface area contributed by atoms with Crippen LogP contribution in [0, 0.1) is 0 Å². The first-order chi connectivity index (χ1) is 17.0. The normalized spacial score (nSPS) is 11.0. The van der Waals surface area contributed by atoms with Gasteiger partial charge in [0.05, 0.1) is 52.9 Å². The third-order valence-electron chi connectivity index (χ3n) is 3.88. The van der Waals surface area contributed by atoms with Gasteiger partial charge >= 0.3 is 23.9 Å². The zero-order valence-electron chi connectivity index (χ0n) is 20.7. The van der Waals surface area contributed by atoms with E-state index in [1.54, 1.807) is 0 Å². The van der Waals surface area contributed by atoms with Crippen LogP contribution in [-0.4, -0.2) is 89.9 Å². The second-order valence-corrected chi connectivity index (χ2v) is 6.88. The van der Waals surface area contributed by atoms with Crippen molar-refractivity contribution in [3.63, 3.8) is 0 Å². The molecule has 0 aromatic carbocycles. The van der Waals surface area contributed by atoms with E-state index in [1.807, 2.05) is 13.8 Å². The maximum Gasteiger partial charge on any atom is 0.331 e. The molecule has 0 aliphatic rings. The Labute approximate surface area is 206 Å². The van der Waals surface area contributed by atoms with Crippen molar-refractivity contribution in [2.45, 2.75) is 39.5 Å². The molecule has 0 amide bonds. The Balaban J connectivity index is 3.46. The van der Waals surface area contributed by atoms with E-state index in [9.17, 15) is 19.2 Å². The summed E-state index contributed by atoms with van der Waals surface area (Å²) in [6.07, 6.45) is 7.46. The highest BCUT2D eigenvalue weighted by Gasteiger charge is 2.02. The molecule has 0 N–H and O–H groups in total. The minimum Gasteiger partial charge on any atom is -0.463 e. The molecule has 0 aliphatic heterocycles. The standard InChI is InChI=1S/C24H38O11/c1-3-5-11-32-21(25)7-9-23(27)34-19-17-30-15-13-29-14-16-31-18-20-35-24(28)10-8-22(26)33-12-6-4-2/h7-10H,3-6,11-20H2,1-2H3/b9-7-,10-8-. The van der Waals surface area contributed by atoms with Crippen molar-refractivity contribution in [1.82, 2.24) is 0 Å². The third kappa shape index (κ3) is 24.2. The van der Waals surface area contributed by atoms with Crippen LogP contribution in [0.4, 0.5) is 0 Å². The fourth-order valence-corrected chi connectivity index (χ4v) is 2.04. The smallest absolute Gasteiger partial charge is 0.331 e. The quantitative estimate of drug-likeness (QED) is 0.0930. The highest BCUT2D eigenvalue weighted by Crippen LogP contribution is 1.92. The van der Waals surface area contributed by atoms with Gasteiger partial charge in [-0.1, -0.05) is 26.7 Å². The van der Waals surface area contributed by atoms with E-state index < -0.39 is 23.9 Å². The van der Waals surface area contributed by atoms with Crippen molar-refractivity contribution in [1.29, 1.82) is 0 Å². The SMILES string of the molecule is CCCCOC(=O)/C=C\C(=O)OCCOCCOCCOCCOC(=O)/C=C\C(=O)OCCCC. The van der Waals surface area contributed by atoms with Crippen LogP contribution in [0.15, 0.2) is 24.3 Å². The van der Waals surface area contributed by atoms with Crippen LogP contribution < -0.4 is 0 Å². The molecule has 0 saturated heterocycles. The Morgan fingerprint density at radius 1 is 0.429 bits per heavy atom. The van der Waals surface area contributed by atoms with Gasteiger partial charge in [0, 0.05) is 24.3 Å². The number of carbonyl (C=O) groups is 4. The number of hydrogen-bond donors (Lipinski definition) is 0. The topological polar surface area (TPSA) is 133 Å². The average molecular weight is 503 g/mol. The lowest BCUT2D eigenvalue weighted by Gasteiger charge is -2.07. The van der Waals surface area contributed by atoms with Crippen LogP contribution in [0.3, 0.4) is 0 Å². The second-order valence-electron chi connectivity index (χ2n) is 6.88. The summed E-state index contributed by atoms with van der Waals surface area (Å²) in [5.41, 5.74) is 0. The molecule has 0 heterocycles. The van der Waals surface area contributed by atoms with Crippen molar-refractivity contribution in [3.8, 4) is 0 Å². The zero-order valence-corrected chi connectivity index (χ0v) is 20.7. The van der Waals surface area contributed by atoms with Gasteiger partial charge < -0.3 is 33.2 Å². The van der Waals surface area contributed by atoms with E-state index >= 15 is 0 Å². The van der Waals surface area contributed by atoms with Crippen LogP contribution in [0.1, 0.15) is 39.5 Å². The Morgan fingerprint density at radius 3 is 0.971 bits per heavy atom. The van der Waals surface area contributed by atoms with Crippen molar-refractivity contribution in [2.75, 3.05) is 66.1 Å². The van der Waals surface area contributed by atoms with Gasteiger partial charge in [0.15, 0.2) is 0 Å². The number of unbranched alkanes of at least 4 members (excludes halogenated alkanes) is 2. The molecular formula is C24H38O11. The molecule has 35 heavy (non-hydrogen) atoms. The number of carbonyl (C=O) groups excluding carboxylic acids is 4. The first-order valence-electron chi connectivity index (χ1n) is 11.8. The fourth-order valence-electron chi connectivity index (χ4n) is 2.04. The van der Waals surface area contributed by atoms with Gasteiger partial charge in [0.2, 0.25) is 0 Å².